The molecule has 4 nitrogen and oxygen atoms in total. The number of benzene rings is 1. The first-order valence-electron chi connectivity index (χ1n) is 7.41. The molecule has 1 N–H and O–H groups in total. The Labute approximate surface area is 120 Å². The summed E-state index contributed by atoms with van der Waals surface area (Å²) in [4.78, 5) is 0. The summed E-state index contributed by atoms with van der Waals surface area (Å²) in [5.41, 5.74) is 1.11. The molecule has 1 aromatic carbocycles. The number of methoxy groups -OCH3 is 1. The van der Waals surface area contributed by atoms with Crippen LogP contribution in [0, 0.1) is 0 Å². The van der Waals surface area contributed by atoms with E-state index in [9.17, 15) is 0 Å². The van der Waals surface area contributed by atoms with Crippen LogP contribution in [0.15, 0.2) is 18.2 Å². The van der Waals surface area contributed by atoms with Crippen molar-refractivity contribution in [1.82, 2.24) is 5.32 Å². The molecule has 1 atom stereocenters. The van der Waals surface area contributed by atoms with E-state index in [0.717, 1.165) is 24.3 Å². The largest absolute Gasteiger partial charge is 0.486 e. The molecule has 0 amide bonds. The molecule has 4 heteroatoms. The maximum Gasteiger partial charge on any atom is 0.161 e. The third kappa shape index (κ3) is 2.27. The Balaban J connectivity index is 1.92. The molecule has 1 aliphatic heterocycles. The molecule has 1 heterocycles. The van der Waals surface area contributed by atoms with E-state index >= 15 is 0 Å². The standard InChI is InChI=1S/C16H23NO3/c1-17-15(16(18-2)7-3-4-8-16)12-5-6-13-14(11-12)20-10-9-19-13/h5-6,11,15,17H,3-4,7-10H2,1-2H3. The van der Waals surface area contributed by atoms with Crippen molar-refractivity contribution in [1.29, 1.82) is 0 Å². The molecule has 1 unspecified atom stereocenters. The summed E-state index contributed by atoms with van der Waals surface area (Å²) in [6.07, 6.45) is 4.67. The van der Waals surface area contributed by atoms with E-state index in [-0.39, 0.29) is 11.6 Å². The average molecular weight is 277 g/mol. The van der Waals surface area contributed by atoms with Crippen LogP contribution in [0.4, 0.5) is 0 Å². The van der Waals surface area contributed by atoms with Crippen molar-refractivity contribution >= 4 is 0 Å². The Bertz CT molecular complexity index is 469. The fourth-order valence-corrected chi connectivity index (χ4v) is 3.56. The Morgan fingerprint density at radius 1 is 1.15 bits per heavy atom. The maximum atomic E-state index is 5.92. The summed E-state index contributed by atoms with van der Waals surface area (Å²) in [6, 6.07) is 6.40. The smallest absolute Gasteiger partial charge is 0.161 e. The summed E-state index contributed by atoms with van der Waals surface area (Å²) < 4.78 is 17.2. The minimum Gasteiger partial charge on any atom is -0.486 e. The quantitative estimate of drug-likeness (QED) is 0.918. The molecule has 0 radical (unpaired) electrons. The van der Waals surface area contributed by atoms with Crippen molar-refractivity contribution in [2.75, 3.05) is 27.4 Å². The van der Waals surface area contributed by atoms with E-state index < -0.39 is 0 Å². The van der Waals surface area contributed by atoms with Gasteiger partial charge in [-0.2, -0.15) is 0 Å². The van der Waals surface area contributed by atoms with Crippen LogP contribution in [-0.2, 0) is 4.74 Å². The van der Waals surface area contributed by atoms with E-state index in [1.54, 1.807) is 0 Å². The fraction of sp³-hybridized carbons (Fsp3) is 0.625. The minimum absolute atomic E-state index is 0.0987. The van der Waals surface area contributed by atoms with Gasteiger partial charge in [0, 0.05) is 7.11 Å². The van der Waals surface area contributed by atoms with Crippen molar-refractivity contribution < 1.29 is 14.2 Å². The zero-order chi connectivity index (χ0) is 14.0. The lowest BCUT2D eigenvalue weighted by Crippen LogP contribution is -2.42. The number of hydrogen-bond acceptors (Lipinski definition) is 4. The first kappa shape index (κ1) is 13.7. The van der Waals surface area contributed by atoms with Crippen LogP contribution in [0.1, 0.15) is 37.3 Å². The van der Waals surface area contributed by atoms with Gasteiger partial charge in [-0.25, -0.2) is 0 Å². The summed E-state index contributed by atoms with van der Waals surface area (Å²) in [5.74, 6) is 1.69. The Hall–Kier alpha value is -1.26. The number of hydrogen-bond donors (Lipinski definition) is 1. The van der Waals surface area contributed by atoms with Crippen LogP contribution >= 0.6 is 0 Å². The van der Waals surface area contributed by atoms with Gasteiger partial charge in [0.1, 0.15) is 13.2 Å². The topological polar surface area (TPSA) is 39.7 Å². The van der Waals surface area contributed by atoms with Gasteiger partial charge < -0.3 is 19.5 Å². The van der Waals surface area contributed by atoms with Gasteiger partial charge in [0.05, 0.1) is 11.6 Å². The molecule has 0 bridgehead atoms. The van der Waals surface area contributed by atoms with E-state index in [2.05, 4.69) is 17.4 Å². The average Bonchev–Trinajstić information content (AvgIpc) is 2.98. The Morgan fingerprint density at radius 3 is 2.50 bits per heavy atom. The van der Waals surface area contributed by atoms with E-state index in [1.807, 2.05) is 20.2 Å². The maximum absolute atomic E-state index is 5.92. The van der Waals surface area contributed by atoms with Gasteiger partial charge >= 0.3 is 0 Å². The highest BCUT2D eigenvalue weighted by atomic mass is 16.6. The highest BCUT2D eigenvalue weighted by Gasteiger charge is 2.42. The lowest BCUT2D eigenvalue weighted by Gasteiger charge is -2.37. The van der Waals surface area contributed by atoms with Crippen molar-refractivity contribution in [2.24, 2.45) is 0 Å². The van der Waals surface area contributed by atoms with Gasteiger partial charge in [-0.1, -0.05) is 18.9 Å². The number of ether oxygens (including phenoxy) is 3. The molecule has 110 valence electrons. The molecular weight excluding hydrogens is 254 g/mol. The van der Waals surface area contributed by atoms with Gasteiger partial charge in [-0.05, 0) is 37.6 Å². The van der Waals surface area contributed by atoms with E-state index in [1.165, 1.54) is 18.4 Å². The Kier molecular flexibility index (Phi) is 3.85. The summed E-state index contributed by atoms with van der Waals surface area (Å²) in [7, 11) is 3.83. The SMILES string of the molecule is CNC(c1ccc2c(c1)OCCO2)C1(OC)CCCC1. The van der Waals surface area contributed by atoms with Crippen molar-refractivity contribution in [3.8, 4) is 11.5 Å². The van der Waals surface area contributed by atoms with Crippen LogP contribution in [0.2, 0.25) is 0 Å². The van der Waals surface area contributed by atoms with Crippen LogP contribution < -0.4 is 14.8 Å². The number of nitrogens with one attached hydrogen (secondary N) is 1. The molecule has 1 aliphatic carbocycles. The van der Waals surface area contributed by atoms with Crippen molar-refractivity contribution in [2.45, 2.75) is 37.3 Å². The zero-order valence-electron chi connectivity index (χ0n) is 12.3. The van der Waals surface area contributed by atoms with Gasteiger partial charge in [-0.15, -0.1) is 0 Å². The molecule has 3 rings (SSSR count). The molecule has 0 saturated heterocycles. The summed E-state index contributed by atoms with van der Waals surface area (Å²) >= 11 is 0. The molecule has 1 saturated carbocycles. The summed E-state index contributed by atoms with van der Waals surface area (Å²) in [5, 5.41) is 3.44. The van der Waals surface area contributed by atoms with Gasteiger partial charge in [0.15, 0.2) is 11.5 Å². The van der Waals surface area contributed by atoms with Gasteiger partial charge in [-0.3, -0.25) is 0 Å². The number of rotatable bonds is 4. The first-order chi connectivity index (χ1) is 9.79. The van der Waals surface area contributed by atoms with Crippen LogP contribution in [-0.4, -0.2) is 33.0 Å². The predicted octanol–water partition coefficient (Wildman–Crippen LogP) is 2.68. The van der Waals surface area contributed by atoms with Gasteiger partial charge in [0.25, 0.3) is 0 Å². The van der Waals surface area contributed by atoms with Crippen molar-refractivity contribution in [3.05, 3.63) is 23.8 Å². The predicted molar refractivity (Wildman–Crippen MR) is 77.4 cm³/mol. The molecule has 2 aliphatic rings. The summed E-state index contributed by atoms with van der Waals surface area (Å²) in [6.45, 7) is 1.25. The molecule has 0 spiro atoms. The zero-order valence-corrected chi connectivity index (χ0v) is 12.3. The van der Waals surface area contributed by atoms with E-state index in [4.69, 9.17) is 14.2 Å². The minimum atomic E-state index is -0.0987. The molecule has 20 heavy (non-hydrogen) atoms. The molecule has 0 aromatic heterocycles. The molecular formula is C16H23NO3. The van der Waals surface area contributed by atoms with Crippen molar-refractivity contribution in [3.63, 3.8) is 0 Å². The van der Waals surface area contributed by atoms with Crippen LogP contribution in [0.5, 0.6) is 11.5 Å². The second kappa shape index (κ2) is 5.62. The Morgan fingerprint density at radius 2 is 1.85 bits per heavy atom. The lowest BCUT2D eigenvalue weighted by atomic mass is 9.86. The van der Waals surface area contributed by atoms with Crippen LogP contribution in [0.3, 0.4) is 0 Å². The highest BCUT2D eigenvalue weighted by molar-refractivity contribution is 5.45. The van der Waals surface area contributed by atoms with E-state index in [0.29, 0.717) is 13.2 Å². The third-order valence-corrected chi connectivity index (χ3v) is 4.57. The third-order valence-electron chi connectivity index (χ3n) is 4.57. The molecule has 1 aromatic rings. The normalized spacial score (nSPS) is 21.7. The second-order valence-electron chi connectivity index (χ2n) is 5.60. The van der Waals surface area contributed by atoms with Gasteiger partial charge in [0.2, 0.25) is 0 Å². The van der Waals surface area contributed by atoms with Crippen LogP contribution in [0.25, 0.3) is 0 Å². The first-order valence-corrected chi connectivity index (χ1v) is 7.41. The highest BCUT2D eigenvalue weighted by Crippen LogP contribution is 2.44. The monoisotopic (exact) mass is 277 g/mol. The fourth-order valence-electron chi connectivity index (χ4n) is 3.56. The number of likely N-dealkylation sites (N-methyl/N-ethyl adjacent to an activating group) is 1. The lowest BCUT2D eigenvalue weighted by molar-refractivity contribution is -0.0349. The second-order valence-corrected chi connectivity index (χ2v) is 5.60. The number of fused-ring (bicyclic) bond motifs is 1. The molecule has 1 fully saturated rings.